The molecule has 0 spiro atoms. The van der Waals surface area contributed by atoms with Gasteiger partial charge in [-0.1, -0.05) is 103 Å². The predicted molar refractivity (Wildman–Crippen MR) is 416 cm³/mol. The van der Waals surface area contributed by atoms with Crippen molar-refractivity contribution in [3.8, 4) is 56.3 Å². The monoisotopic (exact) mass is 1670 g/mol. The summed E-state index contributed by atoms with van der Waals surface area (Å²) in [6.07, 6.45) is -13.7. The molecular formula is C87H71ClF19N11. The Morgan fingerprint density at radius 2 is 0.831 bits per heavy atom. The van der Waals surface area contributed by atoms with E-state index in [0.717, 1.165) is 83.5 Å². The summed E-state index contributed by atoms with van der Waals surface area (Å²) in [7, 11) is 1.59. The molecule has 0 radical (unpaired) electrons. The van der Waals surface area contributed by atoms with Crippen LogP contribution >= 0.6 is 11.6 Å². The first-order valence-corrected chi connectivity index (χ1v) is 36.0. The van der Waals surface area contributed by atoms with E-state index in [2.05, 4.69) is 55.8 Å². The number of aryl methyl sites for hydroxylation is 5. The van der Waals surface area contributed by atoms with E-state index in [1.807, 2.05) is 63.2 Å². The Kier molecular flexibility index (Phi) is 29.3. The lowest BCUT2D eigenvalue weighted by molar-refractivity contribution is -0.142. The smallest absolute Gasteiger partial charge is 0.386 e. The lowest BCUT2D eigenvalue weighted by Gasteiger charge is -2.20. The zero-order chi connectivity index (χ0) is 86.1. The normalized spacial score (nSPS) is 12.2. The zero-order valence-corrected chi connectivity index (χ0v) is 64.1. The summed E-state index contributed by atoms with van der Waals surface area (Å²) >= 11 is 5.93. The van der Waals surface area contributed by atoms with Gasteiger partial charge >= 0.3 is 30.9 Å². The second-order valence-electron chi connectivity index (χ2n) is 26.6. The highest BCUT2D eigenvalue weighted by molar-refractivity contribution is 6.30. The summed E-state index contributed by atoms with van der Waals surface area (Å²) in [6, 6.07) is 51.2. The van der Waals surface area contributed by atoms with Gasteiger partial charge in [0.2, 0.25) is 0 Å². The lowest BCUT2D eigenvalue weighted by atomic mass is 10.0. The van der Waals surface area contributed by atoms with Gasteiger partial charge in [-0.15, -0.1) is 0 Å². The van der Waals surface area contributed by atoms with Crippen LogP contribution in [0.15, 0.2) is 250 Å². The molecule has 0 aliphatic rings. The Hall–Kier alpha value is -12.3. The minimum absolute atomic E-state index is 0.0646. The number of hydrogen-bond acceptors (Lipinski definition) is 11. The SMILES string of the molecule is CC(Nc1ccc(-c2cccc(F)c2)nc1C(F)(F)F)c1cccc(C(F)(F)F)c1.CC(Nc1ccc(-c2cccc(F)c2)nc1C(F)(F)F)c1ccccc1.CNc1ccc(-c2cccnc2)nc1C(C)(F)F.Cc1ccc(-c2cncc(C(F)(F)F)c2)nc1C.Cc1cncc(-c2ccc(CCc3cccc(Cl)c3)c(C(F)(F)F)n2)c1. The van der Waals surface area contributed by atoms with E-state index in [9.17, 15) is 83.4 Å². The Labute approximate surface area is 670 Å². The van der Waals surface area contributed by atoms with Gasteiger partial charge in [-0.25, -0.2) is 28.7 Å². The fourth-order valence-electron chi connectivity index (χ4n) is 11.5. The fraction of sp³-hybridized carbons (Fsp3) is 0.195. The second kappa shape index (κ2) is 38.6. The molecule has 3 N–H and O–H groups in total. The number of hydrogen-bond donors (Lipinski definition) is 3. The summed E-state index contributed by atoms with van der Waals surface area (Å²) in [5, 5.41) is 8.74. The van der Waals surface area contributed by atoms with Crippen molar-refractivity contribution in [2.75, 3.05) is 23.0 Å². The Morgan fingerprint density at radius 1 is 0.364 bits per heavy atom. The van der Waals surface area contributed by atoms with Crippen LogP contribution in [-0.4, -0.2) is 46.9 Å². The Bertz CT molecular complexity index is 5530. The third-order valence-corrected chi connectivity index (χ3v) is 17.8. The van der Waals surface area contributed by atoms with E-state index < -0.39 is 88.4 Å². The molecule has 13 aromatic rings. The van der Waals surface area contributed by atoms with Gasteiger partial charge in [-0.05, 0) is 202 Å². The molecule has 0 aliphatic carbocycles. The number of rotatable bonds is 16. The van der Waals surface area contributed by atoms with Gasteiger partial charge in [0.1, 0.15) is 23.0 Å². The maximum Gasteiger partial charge on any atom is 0.435 e. The molecule has 614 valence electrons. The number of pyridine rings is 8. The summed E-state index contributed by atoms with van der Waals surface area (Å²) in [5.41, 5.74) is 2.83. The highest BCUT2D eigenvalue weighted by Crippen LogP contribution is 2.42. The molecule has 31 heteroatoms. The molecule has 0 amide bonds. The molecule has 8 aromatic heterocycles. The summed E-state index contributed by atoms with van der Waals surface area (Å²) in [5.74, 6) is -4.14. The van der Waals surface area contributed by atoms with E-state index in [4.69, 9.17) is 11.6 Å². The number of halogens is 20. The molecule has 118 heavy (non-hydrogen) atoms. The third-order valence-electron chi connectivity index (χ3n) is 17.6. The van der Waals surface area contributed by atoms with Crippen molar-refractivity contribution in [1.29, 1.82) is 0 Å². The van der Waals surface area contributed by atoms with Crippen LogP contribution in [0, 0.1) is 32.4 Å². The molecule has 2 unspecified atom stereocenters. The maximum atomic E-state index is 13.6. The Balaban J connectivity index is 0.000000170. The van der Waals surface area contributed by atoms with Crippen LogP contribution in [0.5, 0.6) is 0 Å². The molecule has 2 atom stereocenters. The molecule has 0 bridgehead atoms. The molecule has 0 saturated carbocycles. The highest BCUT2D eigenvalue weighted by atomic mass is 35.5. The van der Waals surface area contributed by atoms with Gasteiger partial charge in [0.25, 0.3) is 5.92 Å². The van der Waals surface area contributed by atoms with E-state index in [1.54, 1.807) is 93.2 Å². The highest BCUT2D eigenvalue weighted by Gasteiger charge is 2.40. The predicted octanol–water partition coefficient (Wildman–Crippen LogP) is 26.2. The van der Waals surface area contributed by atoms with Crippen LogP contribution in [0.25, 0.3) is 56.3 Å². The standard InChI is InChI=1S/C21H15F7N2.C20H16ClF3N2.C20H16F4N2.C13H11F3N2.C13H13F2N3/c1-12(13-4-2-6-15(10-13)20(23,24)25)29-18-9-8-17(30-19(18)21(26,27)28)14-5-3-7-16(22)11-14;1-13-9-16(12-25-11-13)18-8-7-15(19(26-18)20(22,23)24)6-5-14-3-2-4-17(21)10-14;1-13(14-6-3-2-4-7-14)25-18-11-10-17(26-19(18)20(22,23)24)15-8-5-9-16(21)12-15;1-8-3-4-12(18-9(8)2)10-5-11(7-17-6-10)13(14,15)16;1-13(14,15)12-11(16-2)6-5-10(18-12)9-4-3-7-17-8-9/h2-12,29H,1H3;2-4,7-12H,5-6H2,1H3;2-13,25H,1H3;3-7H,1-2H3;3-8,16H,1-2H3. The van der Waals surface area contributed by atoms with Crippen LogP contribution in [0.4, 0.5) is 100 Å². The van der Waals surface area contributed by atoms with Crippen LogP contribution in [0.2, 0.25) is 5.02 Å². The van der Waals surface area contributed by atoms with Crippen LogP contribution in [0.3, 0.4) is 0 Å². The number of nitrogens with one attached hydrogen (secondary N) is 3. The summed E-state index contributed by atoms with van der Waals surface area (Å²) < 4.78 is 252. The van der Waals surface area contributed by atoms with Gasteiger partial charge in [-0.2, -0.15) is 74.6 Å². The van der Waals surface area contributed by atoms with Gasteiger partial charge < -0.3 is 16.0 Å². The molecule has 0 saturated heterocycles. The Morgan fingerprint density at radius 3 is 1.35 bits per heavy atom. The third kappa shape index (κ3) is 25.3. The minimum atomic E-state index is -4.83. The van der Waals surface area contributed by atoms with Gasteiger partial charge in [0, 0.05) is 102 Å². The molecule has 8 heterocycles. The average molecular weight is 1670 g/mol. The van der Waals surface area contributed by atoms with Crippen molar-refractivity contribution in [3.63, 3.8) is 0 Å². The van der Waals surface area contributed by atoms with Crippen molar-refractivity contribution in [2.45, 2.75) is 103 Å². The van der Waals surface area contributed by atoms with Crippen molar-refractivity contribution in [2.24, 2.45) is 0 Å². The molecule has 0 aliphatic heterocycles. The van der Waals surface area contributed by atoms with Crippen molar-refractivity contribution in [1.82, 2.24) is 39.9 Å². The molecule has 5 aromatic carbocycles. The van der Waals surface area contributed by atoms with Crippen molar-refractivity contribution >= 4 is 28.7 Å². The van der Waals surface area contributed by atoms with Crippen molar-refractivity contribution < 1.29 is 83.4 Å². The quantitative estimate of drug-likeness (QED) is 0.0797. The average Bonchev–Trinajstić information content (AvgIpc) is 0.807. The first-order valence-electron chi connectivity index (χ1n) is 35.6. The number of nitrogens with zero attached hydrogens (tertiary/aromatic N) is 8. The summed E-state index contributed by atoms with van der Waals surface area (Å²) in [4.78, 5) is 31.2. The number of aromatic nitrogens is 8. The topological polar surface area (TPSA) is 139 Å². The maximum absolute atomic E-state index is 13.6. The van der Waals surface area contributed by atoms with Crippen LogP contribution < -0.4 is 16.0 Å². The molecular weight excluding hydrogens is 1600 g/mol. The fourth-order valence-corrected chi connectivity index (χ4v) is 11.7. The van der Waals surface area contributed by atoms with Gasteiger partial charge in [0.05, 0.1) is 56.7 Å². The summed E-state index contributed by atoms with van der Waals surface area (Å²) in [6.45, 7) is 9.60. The van der Waals surface area contributed by atoms with Gasteiger partial charge in [0.15, 0.2) is 11.4 Å². The largest absolute Gasteiger partial charge is 0.435 e. The lowest BCUT2D eigenvalue weighted by Crippen LogP contribution is -2.16. The van der Waals surface area contributed by atoms with Crippen LogP contribution in [-0.2, 0) is 49.6 Å². The minimum Gasteiger partial charge on any atom is -0.386 e. The first kappa shape index (κ1) is 89.6. The first-order chi connectivity index (χ1) is 55.5. The van der Waals surface area contributed by atoms with Crippen LogP contribution in [0.1, 0.15) is 106 Å². The molecule has 11 nitrogen and oxygen atoms in total. The van der Waals surface area contributed by atoms with E-state index >= 15 is 0 Å². The molecule has 13 rings (SSSR count). The van der Waals surface area contributed by atoms with E-state index in [0.29, 0.717) is 45.2 Å². The zero-order valence-electron chi connectivity index (χ0n) is 63.4. The number of anilines is 3. The van der Waals surface area contributed by atoms with E-state index in [-0.39, 0.29) is 63.2 Å². The van der Waals surface area contributed by atoms with Crippen molar-refractivity contribution in [3.05, 3.63) is 339 Å². The number of alkyl halides is 17. The molecule has 0 fully saturated rings. The van der Waals surface area contributed by atoms with Gasteiger partial charge in [-0.3, -0.25) is 19.9 Å². The second-order valence-corrected chi connectivity index (χ2v) is 27.0. The number of benzene rings is 5. The van der Waals surface area contributed by atoms with E-state index in [1.165, 1.54) is 86.0 Å².